The minimum absolute atomic E-state index is 0.0306. The third-order valence-electron chi connectivity index (χ3n) is 2.41. The molecule has 0 spiro atoms. The Kier molecular flexibility index (Phi) is 4.26. The maximum absolute atomic E-state index is 11.7. The lowest BCUT2D eigenvalue weighted by atomic mass is 10.1. The molecule has 0 aliphatic rings. The van der Waals surface area contributed by atoms with Crippen molar-refractivity contribution in [3.05, 3.63) is 40.0 Å². The molecule has 0 saturated heterocycles. The number of aryl methyl sites for hydroxylation is 1. The number of benzene rings is 1. The highest BCUT2D eigenvalue weighted by atomic mass is 79.9. The monoisotopic (exact) mass is 320 g/mol. The first-order valence-electron chi connectivity index (χ1n) is 5.46. The number of carbonyl (C=O) groups is 1. The van der Waals surface area contributed by atoms with Crippen molar-refractivity contribution in [2.45, 2.75) is 12.8 Å². The summed E-state index contributed by atoms with van der Waals surface area (Å²) in [7, 11) is 0. The van der Waals surface area contributed by atoms with Gasteiger partial charge >= 0.3 is 0 Å². The topological polar surface area (TPSA) is 91.8 Å². The maximum atomic E-state index is 11.7. The van der Waals surface area contributed by atoms with Crippen molar-refractivity contribution < 1.29 is 9.42 Å². The van der Waals surface area contributed by atoms with E-state index in [1.54, 1.807) is 6.07 Å². The molecule has 6 nitrogen and oxygen atoms in total. The van der Waals surface area contributed by atoms with Crippen molar-refractivity contribution in [2.24, 2.45) is 0 Å². The second kappa shape index (κ2) is 6.11. The van der Waals surface area contributed by atoms with Gasteiger partial charge in [-0.25, -0.2) is 4.63 Å². The van der Waals surface area contributed by atoms with Crippen molar-refractivity contribution >= 4 is 27.7 Å². The molecule has 1 aromatic carbocycles. The molecule has 96 valence electrons. The van der Waals surface area contributed by atoms with Crippen LogP contribution in [0.25, 0.3) is 0 Å². The summed E-state index contributed by atoms with van der Waals surface area (Å²) in [6.07, 6.45) is 0.894. The minimum atomic E-state index is -0.241. The fourth-order valence-electron chi connectivity index (χ4n) is 1.45. The van der Waals surface area contributed by atoms with Gasteiger partial charge in [-0.2, -0.15) is 5.26 Å². The fraction of sp³-hybridized carbons (Fsp3) is 0.167. The lowest BCUT2D eigenvalue weighted by Crippen LogP contribution is -2.13. The number of anilines is 1. The molecule has 7 heteroatoms. The van der Waals surface area contributed by atoms with Gasteiger partial charge in [0.2, 0.25) is 17.4 Å². The molecule has 0 saturated carbocycles. The minimum Gasteiger partial charge on any atom is -0.305 e. The molecule has 0 aliphatic carbocycles. The number of hydrogen-bond donors (Lipinski definition) is 1. The van der Waals surface area contributed by atoms with Crippen LogP contribution in [0.5, 0.6) is 0 Å². The van der Waals surface area contributed by atoms with E-state index in [0.717, 1.165) is 10.0 Å². The Morgan fingerprint density at radius 2 is 2.11 bits per heavy atom. The molecule has 1 aromatic heterocycles. The normalized spacial score (nSPS) is 9.89. The summed E-state index contributed by atoms with van der Waals surface area (Å²) in [5.74, 6) is -0.182. The van der Waals surface area contributed by atoms with Crippen LogP contribution >= 0.6 is 15.9 Å². The van der Waals surface area contributed by atoms with Gasteiger partial charge in [-0.15, -0.1) is 0 Å². The molecular formula is C12H9BrN4O2. The molecule has 0 fully saturated rings. The van der Waals surface area contributed by atoms with Crippen LogP contribution < -0.4 is 5.32 Å². The SMILES string of the molecule is N#Cc1nonc1NC(=O)CCc1ccc(Br)cc1. The predicted molar refractivity (Wildman–Crippen MR) is 70.1 cm³/mol. The zero-order valence-electron chi connectivity index (χ0n) is 9.76. The zero-order chi connectivity index (χ0) is 13.7. The van der Waals surface area contributed by atoms with E-state index >= 15 is 0 Å². The Morgan fingerprint density at radius 3 is 2.79 bits per heavy atom. The van der Waals surface area contributed by atoms with E-state index in [1.165, 1.54) is 0 Å². The first-order chi connectivity index (χ1) is 9.19. The number of nitrogens with zero attached hydrogens (tertiary/aromatic N) is 3. The van der Waals surface area contributed by atoms with Crippen LogP contribution in [0.3, 0.4) is 0 Å². The third kappa shape index (κ3) is 3.63. The first-order valence-corrected chi connectivity index (χ1v) is 6.25. The summed E-state index contributed by atoms with van der Waals surface area (Å²) >= 11 is 3.35. The van der Waals surface area contributed by atoms with E-state index in [9.17, 15) is 4.79 Å². The van der Waals surface area contributed by atoms with Gasteiger partial charge < -0.3 is 5.32 Å². The van der Waals surface area contributed by atoms with Crippen LogP contribution in [-0.2, 0) is 11.2 Å². The first kappa shape index (κ1) is 13.2. The third-order valence-corrected chi connectivity index (χ3v) is 2.93. The average Bonchev–Trinajstić information content (AvgIpc) is 2.85. The van der Waals surface area contributed by atoms with Gasteiger partial charge in [-0.3, -0.25) is 4.79 Å². The van der Waals surface area contributed by atoms with E-state index in [-0.39, 0.29) is 17.4 Å². The molecule has 19 heavy (non-hydrogen) atoms. The Labute approximate surface area is 117 Å². The highest BCUT2D eigenvalue weighted by Gasteiger charge is 2.12. The molecule has 0 bridgehead atoms. The van der Waals surface area contributed by atoms with Gasteiger partial charge in [-0.1, -0.05) is 28.1 Å². The van der Waals surface area contributed by atoms with Crippen molar-refractivity contribution in [1.29, 1.82) is 5.26 Å². The Hall–Kier alpha value is -2.20. The molecule has 2 rings (SSSR count). The zero-order valence-corrected chi connectivity index (χ0v) is 11.3. The molecule has 1 heterocycles. The molecule has 0 unspecified atom stereocenters. The standard InChI is InChI=1S/C12H9BrN4O2/c13-9-4-1-8(2-5-9)3-6-11(18)15-12-10(7-14)16-19-17-12/h1-2,4-5H,3,6H2,(H,15,17,18). The highest BCUT2D eigenvalue weighted by molar-refractivity contribution is 9.10. The van der Waals surface area contributed by atoms with E-state index in [0.29, 0.717) is 12.8 Å². The molecule has 0 aliphatic heterocycles. The van der Waals surface area contributed by atoms with Gasteiger partial charge in [0.15, 0.2) is 0 Å². The van der Waals surface area contributed by atoms with Crippen molar-refractivity contribution in [3.8, 4) is 6.07 Å². The van der Waals surface area contributed by atoms with Crippen LogP contribution in [0.4, 0.5) is 5.82 Å². The van der Waals surface area contributed by atoms with Crippen molar-refractivity contribution in [1.82, 2.24) is 10.3 Å². The van der Waals surface area contributed by atoms with Crippen LogP contribution in [0.2, 0.25) is 0 Å². The number of hydrogen-bond acceptors (Lipinski definition) is 5. The van der Waals surface area contributed by atoms with E-state index < -0.39 is 0 Å². The second-order valence-corrected chi connectivity index (χ2v) is 4.66. The number of nitriles is 1. The van der Waals surface area contributed by atoms with Crippen LogP contribution in [0, 0.1) is 11.3 Å². The van der Waals surface area contributed by atoms with Crippen molar-refractivity contribution in [2.75, 3.05) is 5.32 Å². The van der Waals surface area contributed by atoms with Crippen molar-refractivity contribution in [3.63, 3.8) is 0 Å². The Bertz CT molecular complexity index is 615. The Balaban J connectivity index is 1.89. The highest BCUT2D eigenvalue weighted by Crippen LogP contribution is 2.13. The number of aromatic nitrogens is 2. The van der Waals surface area contributed by atoms with Gasteiger partial charge in [0.05, 0.1) is 0 Å². The lowest BCUT2D eigenvalue weighted by molar-refractivity contribution is -0.116. The fourth-order valence-corrected chi connectivity index (χ4v) is 1.71. The quantitative estimate of drug-likeness (QED) is 0.932. The summed E-state index contributed by atoms with van der Waals surface area (Å²) < 4.78 is 5.36. The summed E-state index contributed by atoms with van der Waals surface area (Å²) in [4.78, 5) is 11.7. The predicted octanol–water partition coefficient (Wildman–Crippen LogP) is 2.28. The van der Waals surface area contributed by atoms with E-state index in [1.807, 2.05) is 24.3 Å². The van der Waals surface area contributed by atoms with Gasteiger partial charge in [0.1, 0.15) is 6.07 Å². The number of carbonyl (C=O) groups excluding carboxylic acids is 1. The number of rotatable bonds is 4. The summed E-state index contributed by atoms with van der Waals surface area (Å²) in [5, 5.41) is 18.0. The summed E-state index contributed by atoms with van der Waals surface area (Å²) in [5.41, 5.74) is 1.02. The largest absolute Gasteiger partial charge is 0.305 e. The van der Waals surface area contributed by atoms with Crippen LogP contribution in [0.15, 0.2) is 33.4 Å². The Morgan fingerprint density at radius 1 is 1.37 bits per heavy atom. The van der Waals surface area contributed by atoms with E-state index in [4.69, 9.17) is 5.26 Å². The van der Waals surface area contributed by atoms with E-state index in [2.05, 4.69) is 36.2 Å². The number of nitrogens with one attached hydrogen (secondary N) is 1. The molecule has 0 atom stereocenters. The van der Waals surface area contributed by atoms with Crippen LogP contribution in [-0.4, -0.2) is 16.2 Å². The summed E-state index contributed by atoms with van der Waals surface area (Å²) in [6.45, 7) is 0. The van der Waals surface area contributed by atoms with Gasteiger partial charge in [0.25, 0.3) is 0 Å². The summed E-state index contributed by atoms with van der Waals surface area (Å²) in [6, 6.07) is 9.49. The molecule has 1 amide bonds. The molecule has 1 N–H and O–H groups in total. The number of halogens is 1. The smallest absolute Gasteiger partial charge is 0.228 e. The number of amides is 1. The molecule has 2 aromatic rings. The molecular weight excluding hydrogens is 312 g/mol. The van der Waals surface area contributed by atoms with Gasteiger partial charge in [0, 0.05) is 10.9 Å². The lowest BCUT2D eigenvalue weighted by Gasteiger charge is -2.02. The average molecular weight is 321 g/mol. The maximum Gasteiger partial charge on any atom is 0.228 e. The van der Waals surface area contributed by atoms with Crippen LogP contribution in [0.1, 0.15) is 17.7 Å². The second-order valence-electron chi connectivity index (χ2n) is 3.75. The van der Waals surface area contributed by atoms with Gasteiger partial charge in [-0.05, 0) is 34.4 Å². The molecule has 0 radical (unpaired) electrons.